The van der Waals surface area contributed by atoms with Crippen LogP contribution in [0.1, 0.15) is 51.9 Å². The van der Waals surface area contributed by atoms with Crippen molar-refractivity contribution < 1.29 is 14.6 Å². The van der Waals surface area contributed by atoms with E-state index in [0.717, 1.165) is 12.8 Å². The summed E-state index contributed by atoms with van der Waals surface area (Å²) in [6, 6.07) is 0. The van der Waals surface area contributed by atoms with Crippen LogP contribution in [0.4, 0.5) is 0 Å². The number of allylic oxidation sites excluding steroid dienone is 4. The highest BCUT2D eigenvalue weighted by atomic mass is 16.5. The number of hydrogen-bond donors (Lipinski definition) is 1. The van der Waals surface area contributed by atoms with E-state index in [2.05, 4.69) is 25.2 Å². The number of fused-ring (bicyclic) bond motifs is 1. The van der Waals surface area contributed by atoms with Gasteiger partial charge in [-0.3, -0.25) is 4.79 Å². The molecule has 1 saturated heterocycles. The molecule has 0 radical (unpaired) electrons. The van der Waals surface area contributed by atoms with Gasteiger partial charge in [0.1, 0.15) is 6.10 Å². The molecule has 3 aliphatic rings. The van der Waals surface area contributed by atoms with E-state index in [0.29, 0.717) is 24.2 Å². The minimum absolute atomic E-state index is 0.0876. The predicted molar refractivity (Wildman–Crippen MR) is 81.6 cm³/mol. The third kappa shape index (κ3) is 3.39. The lowest BCUT2D eigenvalue weighted by Crippen LogP contribution is -2.34. The summed E-state index contributed by atoms with van der Waals surface area (Å²) in [5.41, 5.74) is 1.52. The SMILES string of the molecule is CC1C=CC2=CCCC[C@@H]2C1CC[C@@H]1CC(O)CC(=O)O1. The molecule has 3 nitrogen and oxygen atoms in total. The smallest absolute Gasteiger partial charge is 0.308 e. The minimum atomic E-state index is -0.509. The molecule has 1 heterocycles. The molecule has 0 aromatic heterocycles. The molecular formula is C18H26O3. The Morgan fingerprint density at radius 3 is 3.05 bits per heavy atom. The fourth-order valence-corrected chi connectivity index (χ4v) is 4.23. The summed E-state index contributed by atoms with van der Waals surface area (Å²) in [5.74, 6) is 1.69. The Morgan fingerprint density at radius 1 is 1.38 bits per heavy atom. The van der Waals surface area contributed by atoms with Gasteiger partial charge in [0, 0.05) is 6.42 Å². The van der Waals surface area contributed by atoms with Crippen LogP contribution in [0, 0.1) is 17.8 Å². The minimum Gasteiger partial charge on any atom is -0.462 e. The fourth-order valence-electron chi connectivity index (χ4n) is 4.23. The first kappa shape index (κ1) is 14.8. The molecule has 0 spiro atoms. The van der Waals surface area contributed by atoms with Crippen LogP contribution >= 0.6 is 0 Å². The zero-order valence-electron chi connectivity index (χ0n) is 12.8. The maximum absolute atomic E-state index is 11.4. The monoisotopic (exact) mass is 290 g/mol. The maximum atomic E-state index is 11.4. The van der Waals surface area contributed by atoms with E-state index in [1.54, 1.807) is 0 Å². The number of cyclic esters (lactones) is 1. The Kier molecular flexibility index (Phi) is 4.48. The van der Waals surface area contributed by atoms with Gasteiger partial charge in [-0.15, -0.1) is 0 Å². The first-order chi connectivity index (χ1) is 10.1. The van der Waals surface area contributed by atoms with Gasteiger partial charge < -0.3 is 9.84 Å². The molecule has 0 saturated carbocycles. The maximum Gasteiger partial charge on any atom is 0.308 e. The van der Waals surface area contributed by atoms with Crippen LogP contribution in [-0.4, -0.2) is 23.3 Å². The Balaban J connectivity index is 1.61. The second-order valence-electron chi connectivity index (χ2n) is 6.91. The standard InChI is InChI=1S/C18H26O3/c1-12-6-7-13-4-2-3-5-17(13)16(12)9-8-15-10-14(19)11-18(20)21-15/h4,6-7,12,14-17,19H,2-3,5,8-11H2,1H3/t12?,14?,15-,16?,17+/m1/s1. The van der Waals surface area contributed by atoms with Crippen LogP contribution < -0.4 is 0 Å². The van der Waals surface area contributed by atoms with Crippen LogP contribution in [0.2, 0.25) is 0 Å². The molecule has 0 amide bonds. The molecule has 3 unspecified atom stereocenters. The zero-order valence-corrected chi connectivity index (χ0v) is 12.8. The van der Waals surface area contributed by atoms with Gasteiger partial charge in [-0.25, -0.2) is 0 Å². The van der Waals surface area contributed by atoms with E-state index in [1.165, 1.54) is 24.8 Å². The van der Waals surface area contributed by atoms with Gasteiger partial charge in [0.2, 0.25) is 0 Å². The van der Waals surface area contributed by atoms with Gasteiger partial charge in [0.25, 0.3) is 0 Å². The number of esters is 1. The van der Waals surface area contributed by atoms with E-state index < -0.39 is 6.10 Å². The summed E-state index contributed by atoms with van der Waals surface area (Å²) >= 11 is 0. The lowest BCUT2D eigenvalue weighted by molar-refractivity contribution is -0.160. The van der Waals surface area contributed by atoms with Crippen molar-refractivity contribution in [3.8, 4) is 0 Å². The van der Waals surface area contributed by atoms with Crippen LogP contribution in [0.3, 0.4) is 0 Å². The van der Waals surface area contributed by atoms with Crippen molar-refractivity contribution >= 4 is 5.97 Å². The van der Waals surface area contributed by atoms with Crippen molar-refractivity contribution in [2.75, 3.05) is 0 Å². The van der Waals surface area contributed by atoms with E-state index >= 15 is 0 Å². The Hall–Kier alpha value is -1.09. The second-order valence-corrected chi connectivity index (χ2v) is 6.91. The van der Waals surface area contributed by atoms with Crippen molar-refractivity contribution in [2.24, 2.45) is 17.8 Å². The molecule has 1 fully saturated rings. The summed E-state index contributed by atoms with van der Waals surface area (Å²) in [5, 5.41) is 9.71. The van der Waals surface area contributed by atoms with Gasteiger partial charge in [0.05, 0.1) is 12.5 Å². The largest absolute Gasteiger partial charge is 0.462 e. The normalized spacial score (nSPS) is 39.4. The number of carbonyl (C=O) groups is 1. The highest BCUT2D eigenvalue weighted by molar-refractivity contribution is 5.70. The fraction of sp³-hybridized carbons (Fsp3) is 0.722. The van der Waals surface area contributed by atoms with Crippen molar-refractivity contribution in [1.29, 1.82) is 0 Å². The van der Waals surface area contributed by atoms with Gasteiger partial charge in [0.15, 0.2) is 0 Å². The Bertz CT molecular complexity index is 451. The molecule has 5 atom stereocenters. The van der Waals surface area contributed by atoms with Crippen molar-refractivity contribution in [3.05, 3.63) is 23.8 Å². The number of carbonyl (C=O) groups excluding carboxylic acids is 1. The molecule has 3 rings (SSSR count). The molecule has 2 aliphatic carbocycles. The van der Waals surface area contributed by atoms with Crippen molar-refractivity contribution in [3.63, 3.8) is 0 Å². The van der Waals surface area contributed by atoms with Gasteiger partial charge >= 0.3 is 5.97 Å². The van der Waals surface area contributed by atoms with E-state index in [-0.39, 0.29) is 18.5 Å². The van der Waals surface area contributed by atoms with Crippen LogP contribution in [0.25, 0.3) is 0 Å². The first-order valence-corrected chi connectivity index (χ1v) is 8.39. The topological polar surface area (TPSA) is 46.5 Å². The summed E-state index contributed by atoms with van der Waals surface area (Å²) < 4.78 is 5.39. The number of aliphatic hydroxyl groups is 1. The zero-order chi connectivity index (χ0) is 14.8. The van der Waals surface area contributed by atoms with Gasteiger partial charge in [-0.1, -0.05) is 25.2 Å². The van der Waals surface area contributed by atoms with Gasteiger partial charge in [-0.2, -0.15) is 0 Å². The van der Waals surface area contributed by atoms with E-state index in [1.807, 2.05) is 0 Å². The molecular weight excluding hydrogens is 264 g/mol. The number of hydrogen-bond acceptors (Lipinski definition) is 3. The lowest BCUT2D eigenvalue weighted by atomic mass is 9.68. The molecule has 0 bridgehead atoms. The van der Waals surface area contributed by atoms with Crippen molar-refractivity contribution in [1.82, 2.24) is 0 Å². The average Bonchev–Trinajstić information content (AvgIpc) is 2.45. The highest BCUT2D eigenvalue weighted by Gasteiger charge is 2.33. The molecule has 1 N–H and O–H groups in total. The quantitative estimate of drug-likeness (QED) is 0.811. The number of rotatable bonds is 3. The highest BCUT2D eigenvalue weighted by Crippen LogP contribution is 2.42. The summed E-state index contributed by atoms with van der Waals surface area (Å²) in [6.07, 6.45) is 13.0. The third-order valence-corrected chi connectivity index (χ3v) is 5.37. The lowest BCUT2D eigenvalue weighted by Gasteiger charge is -2.38. The number of aliphatic hydroxyl groups excluding tert-OH is 1. The Morgan fingerprint density at radius 2 is 2.24 bits per heavy atom. The van der Waals surface area contributed by atoms with Crippen LogP contribution in [0.5, 0.6) is 0 Å². The Labute approximate surface area is 127 Å². The van der Waals surface area contributed by atoms with Crippen LogP contribution in [-0.2, 0) is 9.53 Å². The van der Waals surface area contributed by atoms with Crippen LogP contribution in [0.15, 0.2) is 23.8 Å². The molecule has 3 heteroatoms. The number of ether oxygens (including phenoxy) is 1. The molecule has 21 heavy (non-hydrogen) atoms. The molecule has 0 aromatic rings. The average molecular weight is 290 g/mol. The predicted octanol–water partition coefficient (Wildman–Crippen LogP) is 3.38. The molecule has 1 aliphatic heterocycles. The second kappa shape index (κ2) is 6.35. The third-order valence-electron chi connectivity index (χ3n) is 5.37. The molecule has 116 valence electrons. The van der Waals surface area contributed by atoms with E-state index in [9.17, 15) is 9.90 Å². The summed E-state index contributed by atoms with van der Waals surface area (Å²) in [7, 11) is 0. The molecule has 0 aromatic carbocycles. The summed E-state index contributed by atoms with van der Waals surface area (Å²) in [4.78, 5) is 11.4. The van der Waals surface area contributed by atoms with Gasteiger partial charge in [-0.05, 0) is 55.4 Å². The summed E-state index contributed by atoms with van der Waals surface area (Å²) in [6.45, 7) is 2.30. The van der Waals surface area contributed by atoms with Crippen molar-refractivity contribution in [2.45, 2.75) is 64.1 Å². The van der Waals surface area contributed by atoms with E-state index in [4.69, 9.17) is 4.74 Å². The first-order valence-electron chi connectivity index (χ1n) is 8.39.